The highest BCUT2D eigenvalue weighted by Gasteiger charge is 2.15. The van der Waals surface area contributed by atoms with E-state index in [0.717, 1.165) is 18.8 Å². The van der Waals surface area contributed by atoms with Gasteiger partial charge in [-0.15, -0.1) is 11.3 Å². The largest absolute Gasteiger partial charge is 0.367 e. The molecule has 0 aliphatic carbocycles. The summed E-state index contributed by atoms with van der Waals surface area (Å²) in [5.41, 5.74) is 0.765. The van der Waals surface area contributed by atoms with Gasteiger partial charge in [0.2, 0.25) is 0 Å². The van der Waals surface area contributed by atoms with Crippen molar-refractivity contribution in [3.8, 4) is 0 Å². The summed E-state index contributed by atoms with van der Waals surface area (Å²) in [6, 6.07) is 8.67. The maximum absolute atomic E-state index is 11.0. The van der Waals surface area contributed by atoms with Crippen molar-refractivity contribution >= 4 is 29.0 Å². The number of nitro benzene ring substituents is 1. The van der Waals surface area contributed by atoms with E-state index in [1.54, 1.807) is 23.5 Å². The lowest BCUT2D eigenvalue weighted by atomic mass is 10.1. The molecule has 1 aromatic carbocycles. The van der Waals surface area contributed by atoms with Gasteiger partial charge in [0.1, 0.15) is 0 Å². The molecule has 0 spiro atoms. The molecule has 1 aromatic heterocycles. The van der Waals surface area contributed by atoms with Crippen LogP contribution in [0.25, 0.3) is 0 Å². The molecule has 20 heavy (non-hydrogen) atoms. The first-order chi connectivity index (χ1) is 9.65. The second-order valence-corrected chi connectivity index (χ2v) is 5.24. The van der Waals surface area contributed by atoms with Crippen LogP contribution in [-0.2, 0) is 6.54 Å². The Morgan fingerprint density at radius 2 is 2.20 bits per heavy atom. The lowest BCUT2D eigenvalue weighted by molar-refractivity contribution is -0.385. The van der Waals surface area contributed by atoms with E-state index >= 15 is 0 Å². The van der Waals surface area contributed by atoms with Gasteiger partial charge >= 0.3 is 0 Å². The van der Waals surface area contributed by atoms with Crippen molar-refractivity contribution in [2.24, 2.45) is 0 Å². The Labute approximate surface area is 120 Å². The standard InChI is InChI=1S/C14H14N2O3S/c1-2-15(9-13-4-3-7-20-13)12-5-6-14(16(18)19)11(8-12)10-17/h3-8,10H,2,9H2,1H3. The Hall–Kier alpha value is -2.21. The fourth-order valence-electron chi connectivity index (χ4n) is 1.98. The number of carbonyl (C=O) groups is 1. The smallest absolute Gasteiger partial charge is 0.280 e. The molecule has 0 aliphatic heterocycles. The van der Waals surface area contributed by atoms with Gasteiger partial charge in [0.15, 0.2) is 6.29 Å². The van der Waals surface area contributed by atoms with Crippen molar-refractivity contribution in [1.82, 2.24) is 0 Å². The van der Waals surface area contributed by atoms with E-state index < -0.39 is 4.92 Å². The zero-order chi connectivity index (χ0) is 14.5. The molecule has 6 heteroatoms. The first kappa shape index (κ1) is 14.2. The molecule has 5 nitrogen and oxygen atoms in total. The van der Waals surface area contributed by atoms with Crippen molar-refractivity contribution in [3.05, 3.63) is 56.3 Å². The summed E-state index contributed by atoms with van der Waals surface area (Å²) in [5, 5.41) is 12.8. The molecule has 0 aliphatic rings. The Kier molecular flexibility index (Phi) is 4.47. The average Bonchev–Trinajstić information content (AvgIpc) is 2.96. The molecule has 0 saturated heterocycles. The van der Waals surface area contributed by atoms with Crippen molar-refractivity contribution < 1.29 is 9.72 Å². The molecule has 0 saturated carbocycles. The molecular formula is C14H14N2O3S. The van der Waals surface area contributed by atoms with Gasteiger partial charge in [0.25, 0.3) is 5.69 Å². The fraction of sp³-hybridized carbons (Fsp3) is 0.214. The summed E-state index contributed by atoms with van der Waals surface area (Å²) < 4.78 is 0. The maximum atomic E-state index is 11.0. The van der Waals surface area contributed by atoms with Crippen molar-refractivity contribution in [1.29, 1.82) is 0 Å². The van der Waals surface area contributed by atoms with Gasteiger partial charge < -0.3 is 4.90 Å². The van der Waals surface area contributed by atoms with Gasteiger partial charge in [-0.2, -0.15) is 0 Å². The first-order valence-corrected chi connectivity index (χ1v) is 7.04. The molecule has 104 valence electrons. The van der Waals surface area contributed by atoms with Crippen LogP contribution in [0.1, 0.15) is 22.2 Å². The van der Waals surface area contributed by atoms with E-state index in [9.17, 15) is 14.9 Å². The number of aldehydes is 1. The summed E-state index contributed by atoms with van der Waals surface area (Å²) in [4.78, 5) is 24.6. The van der Waals surface area contributed by atoms with Gasteiger partial charge in [0.05, 0.1) is 17.0 Å². The first-order valence-electron chi connectivity index (χ1n) is 6.16. The number of anilines is 1. The van der Waals surface area contributed by atoms with Crippen LogP contribution in [0.4, 0.5) is 11.4 Å². The highest BCUT2D eigenvalue weighted by atomic mass is 32.1. The van der Waals surface area contributed by atoms with Crippen LogP contribution in [-0.4, -0.2) is 17.8 Å². The number of thiophene rings is 1. The number of nitro groups is 1. The Balaban J connectivity index is 2.30. The zero-order valence-electron chi connectivity index (χ0n) is 11.0. The van der Waals surface area contributed by atoms with E-state index in [1.807, 2.05) is 24.4 Å². The lowest BCUT2D eigenvalue weighted by Gasteiger charge is -2.22. The van der Waals surface area contributed by atoms with Crippen LogP contribution in [0.5, 0.6) is 0 Å². The Bertz CT molecular complexity index is 611. The Morgan fingerprint density at radius 1 is 1.40 bits per heavy atom. The van der Waals surface area contributed by atoms with Gasteiger partial charge in [-0.3, -0.25) is 14.9 Å². The van der Waals surface area contributed by atoms with Gasteiger partial charge in [0, 0.05) is 23.2 Å². The lowest BCUT2D eigenvalue weighted by Crippen LogP contribution is -2.21. The van der Waals surface area contributed by atoms with Crippen molar-refractivity contribution in [2.75, 3.05) is 11.4 Å². The van der Waals surface area contributed by atoms with Crippen LogP contribution in [0.2, 0.25) is 0 Å². The molecule has 0 N–H and O–H groups in total. The number of hydrogen-bond donors (Lipinski definition) is 0. The average molecular weight is 290 g/mol. The summed E-state index contributed by atoms with van der Waals surface area (Å²) in [7, 11) is 0. The van der Waals surface area contributed by atoms with E-state index in [4.69, 9.17) is 0 Å². The highest BCUT2D eigenvalue weighted by molar-refractivity contribution is 7.09. The van der Waals surface area contributed by atoms with Crippen LogP contribution < -0.4 is 4.90 Å². The minimum Gasteiger partial charge on any atom is -0.367 e. The van der Waals surface area contributed by atoms with Gasteiger partial charge in [-0.05, 0) is 30.5 Å². The predicted octanol–water partition coefficient (Wildman–Crippen LogP) is 3.50. The van der Waals surface area contributed by atoms with Crippen LogP contribution in [0, 0.1) is 10.1 Å². The summed E-state index contributed by atoms with van der Waals surface area (Å²) >= 11 is 1.66. The molecule has 0 radical (unpaired) electrons. The third-order valence-electron chi connectivity index (χ3n) is 3.01. The topological polar surface area (TPSA) is 63.4 Å². The highest BCUT2D eigenvalue weighted by Crippen LogP contribution is 2.25. The van der Waals surface area contributed by atoms with E-state index in [2.05, 4.69) is 4.90 Å². The van der Waals surface area contributed by atoms with Gasteiger partial charge in [-0.1, -0.05) is 6.07 Å². The number of nitrogens with zero attached hydrogens (tertiary/aromatic N) is 2. The second-order valence-electron chi connectivity index (χ2n) is 4.21. The third kappa shape index (κ3) is 3.03. The Morgan fingerprint density at radius 3 is 2.75 bits per heavy atom. The number of rotatable bonds is 6. The third-order valence-corrected chi connectivity index (χ3v) is 3.87. The van der Waals surface area contributed by atoms with Crippen LogP contribution in [0.15, 0.2) is 35.7 Å². The molecule has 2 rings (SSSR count). The monoisotopic (exact) mass is 290 g/mol. The SMILES string of the molecule is CCN(Cc1cccs1)c1ccc([N+](=O)[O-])c(C=O)c1. The number of benzene rings is 1. The molecule has 0 atom stereocenters. The molecular weight excluding hydrogens is 276 g/mol. The molecule has 0 unspecified atom stereocenters. The summed E-state index contributed by atoms with van der Waals surface area (Å²) in [5.74, 6) is 0. The summed E-state index contributed by atoms with van der Waals surface area (Å²) in [6.07, 6.45) is 0.528. The molecule has 0 bridgehead atoms. The zero-order valence-corrected chi connectivity index (χ0v) is 11.8. The molecule has 2 aromatic rings. The number of hydrogen-bond acceptors (Lipinski definition) is 5. The van der Waals surface area contributed by atoms with Crippen molar-refractivity contribution in [2.45, 2.75) is 13.5 Å². The second kappa shape index (κ2) is 6.29. The van der Waals surface area contributed by atoms with Crippen molar-refractivity contribution in [3.63, 3.8) is 0 Å². The van der Waals surface area contributed by atoms with Gasteiger partial charge in [-0.25, -0.2) is 0 Å². The quantitative estimate of drug-likeness (QED) is 0.464. The minimum atomic E-state index is -0.539. The maximum Gasteiger partial charge on any atom is 0.280 e. The van der Waals surface area contributed by atoms with Crippen LogP contribution >= 0.6 is 11.3 Å². The minimum absolute atomic E-state index is 0.108. The molecule has 0 fully saturated rings. The molecule has 1 heterocycles. The predicted molar refractivity (Wildman–Crippen MR) is 79.5 cm³/mol. The van der Waals surface area contributed by atoms with E-state index in [0.29, 0.717) is 6.29 Å². The normalized spacial score (nSPS) is 10.2. The summed E-state index contributed by atoms with van der Waals surface area (Å²) in [6.45, 7) is 3.49. The van der Waals surface area contributed by atoms with Crippen LogP contribution in [0.3, 0.4) is 0 Å². The molecule has 0 amide bonds. The number of carbonyl (C=O) groups excluding carboxylic acids is 1. The fourth-order valence-corrected chi connectivity index (χ4v) is 2.70. The van der Waals surface area contributed by atoms with E-state index in [1.165, 1.54) is 10.9 Å². The van der Waals surface area contributed by atoms with E-state index in [-0.39, 0.29) is 11.3 Å².